The van der Waals surface area contributed by atoms with E-state index in [0.29, 0.717) is 5.92 Å². The van der Waals surface area contributed by atoms with Crippen LogP contribution in [0.25, 0.3) is 0 Å². The average Bonchev–Trinajstić information content (AvgIpc) is 2.65. The molecule has 0 amide bonds. The fourth-order valence-electron chi connectivity index (χ4n) is 3.78. The van der Waals surface area contributed by atoms with Crippen LogP contribution in [0, 0.1) is 6.92 Å². The highest BCUT2D eigenvalue weighted by atomic mass is 35.5. The van der Waals surface area contributed by atoms with Gasteiger partial charge in [-0.05, 0) is 54.9 Å². The Morgan fingerprint density at radius 1 is 0.957 bits per heavy atom. The maximum absolute atomic E-state index is 2.44. The summed E-state index contributed by atoms with van der Waals surface area (Å²) in [5.74, 6) is 0.577. The molecule has 1 atom stereocenters. The van der Waals surface area contributed by atoms with E-state index in [9.17, 15) is 0 Å². The number of quaternary nitrogens is 1. The molecule has 23 heavy (non-hydrogen) atoms. The third-order valence-electron chi connectivity index (χ3n) is 4.94. The first-order valence-corrected chi connectivity index (χ1v) is 8.61. The standard InChI is InChI=1S/C21H27N.ClH/c1-16-10-11-18-13-12-17-7-4-5-8-19(17)20(21(18)15-16)9-6-14-22(2)3;/h4-5,7-8,10-11,15,20H,6,9,12-14H2,1-3H3;1H. The summed E-state index contributed by atoms with van der Waals surface area (Å²) in [6.45, 7) is 3.47. The van der Waals surface area contributed by atoms with E-state index >= 15 is 0 Å². The lowest BCUT2D eigenvalue weighted by Crippen LogP contribution is -3.05. The molecule has 0 bridgehead atoms. The lowest BCUT2D eigenvalue weighted by molar-refractivity contribution is -0.858. The molecule has 0 fully saturated rings. The van der Waals surface area contributed by atoms with Crippen LogP contribution in [0.15, 0.2) is 42.5 Å². The predicted molar refractivity (Wildman–Crippen MR) is 93.8 cm³/mol. The molecule has 1 unspecified atom stereocenters. The van der Waals surface area contributed by atoms with Crippen molar-refractivity contribution in [3.63, 3.8) is 0 Å². The van der Waals surface area contributed by atoms with E-state index in [1.54, 1.807) is 27.2 Å². The second-order valence-corrected chi connectivity index (χ2v) is 7.05. The zero-order valence-corrected chi connectivity index (χ0v) is 15.3. The largest absolute Gasteiger partial charge is 1.00 e. The number of fused-ring (bicyclic) bond motifs is 2. The highest BCUT2D eigenvalue weighted by Gasteiger charge is 2.23. The van der Waals surface area contributed by atoms with Gasteiger partial charge in [0.25, 0.3) is 0 Å². The highest BCUT2D eigenvalue weighted by Crippen LogP contribution is 2.37. The first-order valence-electron chi connectivity index (χ1n) is 8.61. The van der Waals surface area contributed by atoms with Gasteiger partial charge in [-0.1, -0.05) is 48.0 Å². The van der Waals surface area contributed by atoms with Crippen LogP contribution in [-0.2, 0) is 12.8 Å². The summed E-state index contributed by atoms with van der Waals surface area (Å²) in [6, 6.07) is 16.2. The van der Waals surface area contributed by atoms with Gasteiger partial charge in [0.05, 0.1) is 20.6 Å². The van der Waals surface area contributed by atoms with Crippen molar-refractivity contribution in [1.82, 2.24) is 0 Å². The van der Waals surface area contributed by atoms with Crippen LogP contribution in [0.1, 0.15) is 46.6 Å². The first-order chi connectivity index (χ1) is 10.6. The van der Waals surface area contributed by atoms with Gasteiger partial charge < -0.3 is 17.3 Å². The SMILES string of the molecule is Cc1ccc2c(c1)C(CCC[NH+](C)C)c1ccccc1CC2.[Cl-]. The van der Waals surface area contributed by atoms with Crippen molar-refractivity contribution >= 4 is 0 Å². The summed E-state index contributed by atoms with van der Waals surface area (Å²) in [5.41, 5.74) is 7.66. The monoisotopic (exact) mass is 329 g/mol. The zero-order valence-electron chi connectivity index (χ0n) is 14.5. The highest BCUT2D eigenvalue weighted by molar-refractivity contribution is 5.46. The van der Waals surface area contributed by atoms with Crippen LogP contribution < -0.4 is 17.3 Å². The minimum absolute atomic E-state index is 0. The summed E-state index contributed by atoms with van der Waals surface area (Å²) in [4.78, 5) is 1.55. The summed E-state index contributed by atoms with van der Waals surface area (Å²) in [6.07, 6.45) is 4.91. The van der Waals surface area contributed by atoms with Crippen molar-refractivity contribution in [2.75, 3.05) is 20.6 Å². The number of rotatable bonds is 4. The second kappa shape index (κ2) is 7.99. The minimum Gasteiger partial charge on any atom is -1.00 e. The number of nitrogens with one attached hydrogen (secondary N) is 1. The number of halogens is 1. The van der Waals surface area contributed by atoms with E-state index in [1.165, 1.54) is 37.8 Å². The quantitative estimate of drug-likeness (QED) is 0.815. The molecule has 0 heterocycles. The van der Waals surface area contributed by atoms with Crippen LogP contribution >= 0.6 is 0 Å². The molecular weight excluding hydrogens is 302 g/mol. The molecule has 0 radical (unpaired) electrons. The van der Waals surface area contributed by atoms with Gasteiger partial charge in [0, 0.05) is 5.92 Å². The van der Waals surface area contributed by atoms with Crippen molar-refractivity contribution in [1.29, 1.82) is 0 Å². The molecule has 0 spiro atoms. The van der Waals surface area contributed by atoms with Gasteiger partial charge in [0.1, 0.15) is 0 Å². The van der Waals surface area contributed by atoms with Crippen LogP contribution in [0.4, 0.5) is 0 Å². The molecule has 0 saturated heterocycles. The maximum atomic E-state index is 2.44. The Morgan fingerprint density at radius 3 is 2.39 bits per heavy atom. The van der Waals surface area contributed by atoms with E-state index < -0.39 is 0 Å². The van der Waals surface area contributed by atoms with Gasteiger partial charge in [-0.2, -0.15) is 0 Å². The molecule has 1 nitrogen and oxygen atoms in total. The maximum Gasteiger partial charge on any atom is 0.0767 e. The van der Waals surface area contributed by atoms with E-state index in [4.69, 9.17) is 0 Å². The van der Waals surface area contributed by atoms with Crippen LogP contribution in [-0.4, -0.2) is 20.6 Å². The van der Waals surface area contributed by atoms with E-state index in [-0.39, 0.29) is 12.4 Å². The van der Waals surface area contributed by atoms with Gasteiger partial charge in [-0.3, -0.25) is 0 Å². The summed E-state index contributed by atoms with van der Waals surface area (Å²) in [5, 5.41) is 0. The molecule has 2 heteroatoms. The van der Waals surface area contributed by atoms with Gasteiger partial charge in [-0.25, -0.2) is 0 Å². The van der Waals surface area contributed by atoms with Crippen LogP contribution in [0.2, 0.25) is 0 Å². The molecule has 2 aromatic rings. The lowest BCUT2D eigenvalue weighted by Gasteiger charge is -2.21. The number of hydrogen-bond donors (Lipinski definition) is 1. The number of benzene rings is 2. The minimum atomic E-state index is 0. The predicted octanol–water partition coefficient (Wildman–Crippen LogP) is 0.154. The fraction of sp³-hybridized carbons (Fsp3) is 0.429. The Balaban J connectivity index is 0.00000192. The molecule has 1 aliphatic rings. The van der Waals surface area contributed by atoms with Gasteiger partial charge in [0.2, 0.25) is 0 Å². The average molecular weight is 330 g/mol. The molecule has 2 aromatic carbocycles. The second-order valence-electron chi connectivity index (χ2n) is 7.05. The fourth-order valence-corrected chi connectivity index (χ4v) is 3.78. The smallest absolute Gasteiger partial charge is 0.0767 e. The van der Waals surface area contributed by atoms with Crippen molar-refractivity contribution < 1.29 is 17.3 Å². The summed E-state index contributed by atoms with van der Waals surface area (Å²) < 4.78 is 0. The molecule has 3 rings (SSSR count). The molecule has 0 aromatic heterocycles. The number of hydrogen-bond acceptors (Lipinski definition) is 0. The Bertz CT molecular complexity index is 648. The molecule has 124 valence electrons. The molecule has 0 aliphatic heterocycles. The third kappa shape index (κ3) is 4.16. The van der Waals surface area contributed by atoms with Crippen LogP contribution in [0.3, 0.4) is 0 Å². The van der Waals surface area contributed by atoms with E-state index in [1.807, 2.05) is 0 Å². The topological polar surface area (TPSA) is 4.44 Å². The summed E-state index contributed by atoms with van der Waals surface area (Å²) >= 11 is 0. The van der Waals surface area contributed by atoms with Gasteiger partial charge in [0.15, 0.2) is 0 Å². The Labute approximate surface area is 147 Å². The first kappa shape index (κ1) is 18.0. The number of aryl methyl sites for hydroxylation is 3. The molecule has 1 N–H and O–H groups in total. The van der Waals surface area contributed by atoms with Crippen molar-refractivity contribution in [2.24, 2.45) is 0 Å². The van der Waals surface area contributed by atoms with Gasteiger partial charge >= 0.3 is 0 Å². The Hall–Kier alpha value is -1.31. The van der Waals surface area contributed by atoms with Crippen molar-refractivity contribution in [2.45, 2.75) is 38.5 Å². The zero-order chi connectivity index (χ0) is 15.5. The molecular formula is C21H28ClN. The summed E-state index contributed by atoms with van der Waals surface area (Å²) in [7, 11) is 4.50. The Morgan fingerprint density at radius 2 is 1.65 bits per heavy atom. The lowest BCUT2D eigenvalue weighted by atomic mass is 9.84. The van der Waals surface area contributed by atoms with E-state index in [0.717, 1.165) is 0 Å². The normalized spacial score (nSPS) is 16.3. The van der Waals surface area contributed by atoms with E-state index in [2.05, 4.69) is 63.5 Å². The van der Waals surface area contributed by atoms with Crippen molar-refractivity contribution in [3.05, 3.63) is 70.3 Å². The van der Waals surface area contributed by atoms with Crippen LogP contribution in [0.5, 0.6) is 0 Å². The Kier molecular flexibility index (Phi) is 6.26. The van der Waals surface area contributed by atoms with Gasteiger partial charge in [-0.15, -0.1) is 0 Å². The van der Waals surface area contributed by atoms with Crippen molar-refractivity contribution in [3.8, 4) is 0 Å². The molecule has 1 aliphatic carbocycles. The third-order valence-corrected chi connectivity index (χ3v) is 4.94. The molecule has 0 saturated carbocycles.